The van der Waals surface area contributed by atoms with Gasteiger partial charge in [-0.15, -0.1) is 22.9 Å². The predicted molar refractivity (Wildman–Crippen MR) is 80.6 cm³/mol. The third-order valence-corrected chi connectivity index (χ3v) is 5.94. The van der Waals surface area contributed by atoms with Gasteiger partial charge < -0.3 is 0 Å². The summed E-state index contributed by atoms with van der Waals surface area (Å²) in [5, 5.41) is 0.576. The monoisotopic (exact) mass is 348 g/mol. The maximum absolute atomic E-state index is 6.50. The molecular formula is C13H11BrCl2S. The van der Waals surface area contributed by atoms with Crippen LogP contribution in [0, 0.1) is 13.8 Å². The van der Waals surface area contributed by atoms with Crippen LogP contribution in [-0.2, 0) is 0 Å². The van der Waals surface area contributed by atoms with Gasteiger partial charge in [-0.25, -0.2) is 0 Å². The zero-order valence-corrected chi connectivity index (χ0v) is 13.3. The highest BCUT2D eigenvalue weighted by atomic mass is 79.9. The van der Waals surface area contributed by atoms with Crippen LogP contribution in [0.3, 0.4) is 0 Å². The molecule has 0 spiro atoms. The minimum atomic E-state index is -0.183. The van der Waals surface area contributed by atoms with Gasteiger partial charge in [0, 0.05) is 9.90 Å². The molecule has 1 atom stereocenters. The SMILES string of the molecule is Cc1cc(C(Cl)c2cccc(C)c2Cl)sc1Br. The molecule has 2 rings (SSSR count). The van der Waals surface area contributed by atoms with Crippen molar-refractivity contribution in [3.8, 4) is 0 Å². The summed E-state index contributed by atoms with van der Waals surface area (Å²) in [6.07, 6.45) is 0. The van der Waals surface area contributed by atoms with Gasteiger partial charge in [0.15, 0.2) is 0 Å². The van der Waals surface area contributed by atoms with Crippen molar-refractivity contribution in [3.05, 3.63) is 54.6 Å². The quantitative estimate of drug-likeness (QED) is 0.574. The lowest BCUT2D eigenvalue weighted by Gasteiger charge is -2.11. The van der Waals surface area contributed by atoms with Crippen molar-refractivity contribution in [1.82, 2.24) is 0 Å². The lowest BCUT2D eigenvalue weighted by molar-refractivity contribution is 1.17. The number of thiophene rings is 1. The number of rotatable bonds is 2. The summed E-state index contributed by atoms with van der Waals surface area (Å²) >= 11 is 18.0. The molecule has 0 nitrogen and oxygen atoms in total. The molecule has 0 bridgehead atoms. The van der Waals surface area contributed by atoms with Gasteiger partial charge in [-0.05, 0) is 52.5 Å². The van der Waals surface area contributed by atoms with E-state index in [1.807, 2.05) is 25.1 Å². The molecule has 1 unspecified atom stereocenters. The van der Waals surface area contributed by atoms with E-state index in [1.54, 1.807) is 11.3 Å². The van der Waals surface area contributed by atoms with E-state index in [4.69, 9.17) is 23.2 Å². The highest BCUT2D eigenvalue weighted by Crippen LogP contribution is 2.40. The van der Waals surface area contributed by atoms with Crippen LogP contribution in [0.1, 0.15) is 26.9 Å². The first kappa shape index (κ1) is 13.4. The molecule has 0 saturated carbocycles. The minimum Gasteiger partial charge on any atom is -0.131 e. The Morgan fingerprint density at radius 3 is 2.53 bits per heavy atom. The summed E-state index contributed by atoms with van der Waals surface area (Å²) in [5.41, 5.74) is 3.24. The minimum absolute atomic E-state index is 0.183. The molecule has 0 aliphatic heterocycles. The molecule has 90 valence electrons. The first-order valence-corrected chi connectivity index (χ1v) is 7.58. The summed E-state index contributed by atoms with van der Waals surface area (Å²) in [7, 11) is 0. The van der Waals surface area contributed by atoms with Gasteiger partial charge in [0.25, 0.3) is 0 Å². The van der Waals surface area contributed by atoms with Crippen molar-refractivity contribution < 1.29 is 0 Å². The van der Waals surface area contributed by atoms with Crippen LogP contribution >= 0.6 is 50.5 Å². The van der Waals surface area contributed by atoms with Crippen LogP contribution in [-0.4, -0.2) is 0 Å². The lowest BCUT2D eigenvalue weighted by atomic mass is 10.1. The van der Waals surface area contributed by atoms with Gasteiger partial charge in [-0.3, -0.25) is 0 Å². The highest BCUT2D eigenvalue weighted by Gasteiger charge is 2.18. The van der Waals surface area contributed by atoms with E-state index in [0.29, 0.717) is 0 Å². The Bertz CT molecular complexity index is 529. The molecule has 0 saturated heterocycles. The van der Waals surface area contributed by atoms with Crippen molar-refractivity contribution in [2.75, 3.05) is 0 Å². The molecule has 1 heterocycles. The topological polar surface area (TPSA) is 0 Å². The van der Waals surface area contributed by atoms with Gasteiger partial charge >= 0.3 is 0 Å². The van der Waals surface area contributed by atoms with Gasteiger partial charge in [-0.1, -0.05) is 29.8 Å². The van der Waals surface area contributed by atoms with E-state index in [0.717, 1.165) is 24.8 Å². The molecular weight excluding hydrogens is 339 g/mol. The van der Waals surface area contributed by atoms with Crippen molar-refractivity contribution in [2.45, 2.75) is 19.2 Å². The maximum Gasteiger partial charge on any atom is 0.0942 e. The smallest absolute Gasteiger partial charge is 0.0942 e. The molecule has 0 aliphatic rings. The Labute approximate surface area is 124 Å². The molecule has 4 heteroatoms. The first-order valence-electron chi connectivity index (χ1n) is 5.15. The number of aryl methyl sites for hydroxylation is 2. The first-order chi connectivity index (χ1) is 8.00. The van der Waals surface area contributed by atoms with E-state index < -0.39 is 0 Å². The summed E-state index contributed by atoms with van der Waals surface area (Å²) in [6.45, 7) is 4.05. The van der Waals surface area contributed by atoms with Crippen molar-refractivity contribution in [3.63, 3.8) is 0 Å². The fourth-order valence-corrected chi connectivity index (χ4v) is 3.87. The Morgan fingerprint density at radius 1 is 1.24 bits per heavy atom. The summed E-state index contributed by atoms with van der Waals surface area (Å²) in [6, 6.07) is 8.06. The number of halogens is 3. The van der Waals surface area contributed by atoms with Crippen molar-refractivity contribution >= 4 is 50.5 Å². The summed E-state index contributed by atoms with van der Waals surface area (Å²) in [4.78, 5) is 1.11. The maximum atomic E-state index is 6.50. The molecule has 17 heavy (non-hydrogen) atoms. The summed E-state index contributed by atoms with van der Waals surface area (Å²) in [5.74, 6) is 0. The zero-order chi connectivity index (χ0) is 12.6. The standard InChI is InChI=1S/C13H11BrCl2S/c1-7-4-3-5-9(11(7)15)12(16)10-6-8(2)13(14)17-10/h3-6,12H,1-2H3. The molecule has 0 N–H and O–H groups in total. The number of hydrogen-bond acceptors (Lipinski definition) is 1. The Balaban J connectivity index is 2.43. The van der Waals surface area contributed by atoms with Crippen LogP contribution in [0.4, 0.5) is 0 Å². The van der Waals surface area contributed by atoms with Gasteiger partial charge in [-0.2, -0.15) is 0 Å². The van der Waals surface area contributed by atoms with Crippen molar-refractivity contribution in [1.29, 1.82) is 0 Å². The second kappa shape index (κ2) is 5.31. The molecule has 0 aliphatic carbocycles. The largest absolute Gasteiger partial charge is 0.131 e. The normalized spacial score (nSPS) is 12.8. The van der Waals surface area contributed by atoms with Gasteiger partial charge in [0.05, 0.1) is 9.16 Å². The van der Waals surface area contributed by atoms with E-state index in [2.05, 4.69) is 28.9 Å². The Hall–Kier alpha value is -0.0200. The zero-order valence-electron chi connectivity index (χ0n) is 9.43. The fraction of sp³-hybridized carbons (Fsp3) is 0.231. The van der Waals surface area contributed by atoms with Crippen molar-refractivity contribution in [2.24, 2.45) is 0 Å². The molecule has 1 aromatic carbocycles. The predicted octanol–water partition coefficient (Wildman–Crippen LogP) is 6.11. The Morgan fingerprint density at radius 2 is 1.94 bits per heavy atom. The number of hydrogen-bond donors (Lipinski definition) is 0. The van der Waals surface area contributed by atoms with Crippen LogP contribution in [0.15, 0.2) is 28.1 Å². The second-order valence-electron chi connectivity index (χ2n) is 3.95. The van der Waals surface area contributed by atoms with Gasteiger partial charge in [0.1, 0.15) is 0 Å². The van der Waals surface area contributed by atoms with Crippen LogP contribution in [0.25, 0.3) is 0 Å². The molecule has 1 aromatic heterocycles. The average Bonchev–Trinajstić information content (AvgIpc) is 2.62. The number of alkyl halides is 1. The van der Waals surface area contributed by atoms with E-state index in [1.165, 1.54) is 5.56 Å². The van der Waals surface area contributed by atoms with Crippen LogP contribution in [0.2, 0.25) is 5.02 Å². The molecule has 0 fully saturated rings. The average molecular weight is 350 g/mol. The highest BCUT2D eigenvalue weighted by molar-refractivity contribution is 9.11. The van der Waals surface area contributed by atoms with E-state index in [9.17, 15) is 0 Å². The third kappa shape index (κ3) is 2.70. The van der Waals surface area contributed by atoms with E-state index >= 15 is 0 Å². The molecule has 0 amide bonds. The van der Waals surface area contributed by atoms with Gasteiger partial charge in [0.2, 0.25) is 0 Å². The third-order valence-electron chi connectivity index (χ3n) is 2.62. The van der Waals surface area contributed by atoms with E-state index in [-0.39, 0.29) is 5.38 Å². The number of benzene rings is 1. The molecule has 0 radical (unpaired) electrons. The second-order valence-corrected chi connectivity index (χ2v) is 7.16. The molecule has 2 aromatic rings. The summed E-state index contributed by atoms with van der Waals surface area (Å²) < 4.78 is 1.13. The Kier molecular flexibility index (Phi) is 4.19. The van der Waals surface area contributed by atoms with Crippen LogP contribution in [0.5, 0.6) is 0 Å². The lowest BCUT2D eigenvalue weighted by Crippen LogP contribution is -1.93. The fourth-order valence-electron chi connectivity index (χ4n) is 1.63. The van der Waals surface area contributed by atoms with Crippen LogP contribution < -0.4 is 0 Å².